The summed E-state index contributed by atoms with van der Waals surface area (Å²) in [6.45, 7) is 8.16. The summed E-state index contributed by atoms with van der Waals surface area (Å²) < 4.78 is 0. The number of rotatable bonds is 5. The van der Waals surface area contributed by atoms with Crippen LogP contribution in [0.1, 0.15) is 28.8 Å². The number of carbonyl (C=O) groups is 2. The first-order valence-electron chi connectivity index (χ1n) is 8.06. The van der Waals surface area contributed by atoms with Gasteiger partial charge >= 0.3 is 6.03 Å². The maximum Gasteiger partial charge on any atom is 0.325 e. The van der Waals surface area contributed by atoms with Crippen LogP contribution in [0.5, 0.6) is 0 Å². The number of thiazole rings is 1. The fourth-order valence-corrected chi connectivity index (χ4v) is 3.00. The van der Waals surface area contributed by atoms with E-state index in [0.29, 0.717) is 12.2 Å². The zero-order valence-electron chi connectivity index (χ0n) is 15.2. The lowest BCUT2D eigenvalue weighted by Gasteiger charge is -2.22. The molecule has 0 aliphatic heterocycles. The highest BCUT2D eigenvalue weighted by atomic mass is 32.1. The molecule has 2 rings (SSSR count). The molecule has 134 valence electrons. The van der Waals surface area contributed by atoms with E-state index in [1.807, 2.05) is 56.3 Å². The molecule has 6 nitrogen and oxygen atoms in total. The average Bonchev–Trinajstić information content (AvgIpc) is 2.94. The van der Waals surface area contributed by atoms with Gasteiger partial charge < -0.3 is 5.32 Å². The van der Waals surface area contributed by atoms with Gasteiger partial charge in [0.25, 0.3) is 0 Å². The van der Waals surface area contributed by atoms with Crippen molar-refractivity contribution in [3.05, 3.63) is 45.4 Å². The Morgan fingerprint density at radius 2 is 2.00 bits per heavy atom. The van der Waals surface area contributed by atoms with Crippen LogP contribution in [0.15, 0.2) is 23.6 Å². The third-order valence-electron chi connectivity index (χ3n) is 3.99. The molecular formula is C18H24N4O2S. The number of hydrogen-bond donors (Lipinski definition) is 2. The number of hydrogen-bond acceptors (Lipinski definition) is 5. The normalized spacial score (nSPS) is 12.1. The number of aryl methyl sites for hydroxylation is 3. The first-order chi connectivity index (χ1) is 11.8. The van der Waals surface area contributed by atoms with E-state index < -0.39 is 12.1 Å². The van der Waals surface area contributed by atoms with Crippen molar-refractivity contribution in [3.8, 4) is 0 Å². The van der Waals surface area contributed by atoms with E-state index in [2.05, 4.69) is 15.6 Å². The summed E-state index contributed by atoms with van der Waals surface area (Å²) in [5.74, 6) is -0.350. The topological polar surface area (TPSA) is 74.3 Å². The minimum atomic E-state index is -0.526. The number of carbonyl (C=O) groups excluding carboxylic acids is 2. The van der Waals surface area contributed by atoms with Gasteiger partial charge in [0.15, 0.2) is 0 Å². The average molecular weight is 360 g/mol. The molecule has 0 radical (unpaired) electrons. The van der Waals surface area contributed by atoms with Gasteiger partial charge in [-0.1, -0.05) is 17.7 Å². The number of benzene rings is 1. The van der Waals surface area contributed by atoms with Crippen LogP contribution in [-0.2, 0) is 11.3 Å². The molecule has 0 aliphatic rings. The third kappa shape index (κ3) is 5.37. The Kier molecular flexibility index (Phi) is 6.27. The molecule has 1 aromatic heterocycles. The van der Waals surface area contributed by atoms with Gasteiger partial charge in [0, 0.05) is 17.6 Å². The Morgan fingerprint density at radius 3 is 2.60 bits per heavy atom. The van der Waals surface area contributed by atoms with Crippen molar-refractivity contribution in [1.82, 2.24) is 15.2 Å². The highest BCUT2D eigenvalue weighted by Gasteiger charge is 2.21. The number of aromatic nitrogens is 1. The molecule has 0 saturated carbocycles. The maximum absolute atomic E-state index is 12.3. The summed E-state index contributed by atoms with van der Waals surface area (Å²) in [6, 6.07) is 4.74. The van der Waals surface area contributed by atoms with Crippen molar-refractivity contribution in [2.75, 3.05) is 12.4 Å². The largest absolute Gasteiger partial charge is 0.325 e. The quantitative estimate of drug-likeness (QED) is 0.858. The van der Waals surface area contributed by atoms with Crippen LogP contribution in [0.2, 0.25) is 0 Å². The number of anilines is 1. The van der Waals surface area contributed by atoms with E-state index in [4.69, 9.17) is 0 Å². The molecule has 25 heavy (non-hydrogen) atoms. The van der Waals surface area contributed by atoms with Crippen LogP contribution < -0.4 is 10.6 Å². The molecule has 1 atom stereocenters. The predicted octanol–water partition coefficient (Wildman–Crippen LogP) is 3.24. The second-order valence-corrected chi connectivity index (χ2v) is 7.27. The fraction of sp³-hybridized carbons (Fsp3) is 0.389. The number of urea groups is 1. The molecule has 0 aliphatic carbocycles. The molecule has 0 bridgehead atoms. The Balaban J connectivity index is 1.89. The minimum absolute atomic E-state index is 0.350. The van der Waals surface area contributed by atoms with Crippen LogP contribution in [0, 0.1) is 20.8 Å². The Labute approximate surface area is 152 Å². The summed E-state index contributed by atoms with van der Waals surface area (Å²) in [5.41, 5.74) is 3.68. The molecule has 7 heteroatoms. The SMILES string of the molecule is Cc1ccc(NC(=O)NC(=O)C(C)N(C)Cc2csc(C)n2)c(C)c1. The smallest absolute Gasteiger partial charge is 0.307 e. The number of nitrogens with one attached hydrogen (secondary N) is 2. The highest BCUT2D eigenvalue weighted by molar-refractivity contribution is 7.09. The fourth-order valence-electron chi connectivity index (χ4n) is 2.40. The summed E-state index contributed by atoms with van der Waals surface area (Å²) in [6.07, 6.45) is 0. The van der Waals surface area contributed by atoms with Gasteiger partial charge in [-0.2, -0.15) is 0 Å². The van der Waals surface area contributed by atoms with Crippen molar-refractivity contribution in [3.63, 3.8) is 0 Å². The zero-order valence-corrected chi connectivity index (χ0v) is 16.0. The summed E-state index contributed by atoms with van der Waals surface area (Å²) in [4.78, 5) is 30.6. The van der Waals surface area contributed by atoms with Gasteiger partial charge in [0.05, 0.1) is 16.7 Å². The molecule has 0 fully saturated rings. The zero-order chi connectivity index (χ0) is 18.6. The standard InChI is InChI=1S/C18H24N4O2S/c1-11-6-7-16(12(2)8-11)20-18(24)21-17(23)13(3)22(5)9-15-10-25-14(4)19-15/h6-8,10,13H,9H2,1-5H3,(H2,20,21,23,24). The van der Waals surface area contributed by atoms with Gasteiger partial charge in [-0.05, 0) is 46.4 Å². The molecule has 2 N–H and O–H groups in total. The van der Waals surface area contributed by atoms with Gasteiger partial charge in [0.1, 0.15) is 0 Å². The molecule has 1 aromatic carbocycles. The molecule has 1 unspecified atom stereocenters. The van der Waals surface area contributed by atoms with Gasteiger partial charge in [-0.3, -0.25) is 15.0 Å². The molecule has 0 saturated heterocycles. The molecular weight excluding hydrogens is 336 g/mol. The van der Waals surface area contributed by atoms with Crippen LogP contribution in [0.4, 0.5) is 10.5 Å². The van der Waals surface area contributed by atoms with Gasteiger partial charge in [-0.25, -0.2) is 9.78 Å². The van der Waals surface area contributed by atoms with Crippen molar-refractivity contribution in [2.45, 2.75) is 40.3 Å². The summed E-state index contributed by atoms with van der Waals surface area (Å²) >= 11 is 1.58. The maximum atomic E-state index is 12.3. The number of nitrogens with zero attached hydrogens (tertiary/aromatic N) is 2. The minimum Gasteiger partial charge on any atom is -0.307 e. The molecule has 1 heterocycles. The first-order valence-corrected chi connectivity index (χ1v) is 8.94. The lowest BCUT2D eigenvalue weighted by atomic mass is 10.1. The third-order valence-corrected chi connectivity index (χ3v) is 4.81. The van der Waals surface area contributed by atoms with Crippen molar-refractivity contribution >= 4 is 29.0 Å². The predicted molar refractivity (Wildman–Crippen MR) is 101 cm³/mol. The molecule has 0 spiro atoms. The van der Waals surface area contributed by atoms with Crippen molar-refractivity contribution < 1.29 is 9.59 Å². The Morgan fingerprint density at radius 1 is 1.28 bits per heavy atom. The molecule has 2 aromatic rings. The van der Waals surface area contributed by atoms with Crippen LogP contribution in [0.3, 0.4) is 0 Å². The Hall–Kier alpha value is -2.25. The summed E-state index contributed by atoms with van der Waals surface area (Å²) in [5, 5.41) is 8.08. The summed E-state index contributed by atoms with van der Waals surface area (Å²) in [7, 11) is 1.83. The van der Waals surface area contributed by atoms with Crippen LogP contribution >= 0.6 is 11.3 Å². The second-order valence-electron chi connectivity index (χ2n) is 6.21. The lowest BCUT2D eigenvalue weighted by molar-refractivity contribution is -0.124. The lowest BCUT2D eigenvalue weighted by Crippen LogP contribution is -2.46. The van der Waals surface area contributed by atoms with E-state index in [1.165, 1.54) is 0 Å². The number of imide groups is 1. The van der Waals surface area contributed by atoms with E-state index in [1.54, 1.807) is 18.3 Å². The van der Waals surface area contributed by atoms with Gasteiger partial charge in [0.2, 0.25) is 5.91 Å². The molecule has 3 amide bonds. The van der Waals surface area contributed by atoms with Crippen LogP contribution in [0.25, 0.3) is 0 Å². The number of likely N-dealkylation sites (N-methyl/N-ethyl adjacent to an activating group) is 1. The first kappa shape index (κ1) is 19.1. The second kappa shape index (κ2) is 8.22. The number of amides is 3. The van der Waals surface area contributed by atoms with E-state index in [-0.39, 0.29) is 5.91 Å². The van der Waals surface area contributed by atoms with Crippen LogP contribution in [-0.4, -0.2) is 34.9 Å². The highest BCUT2D eigenvalue weighted by Crippen LogP contribution is 2.16. The van der Waals surface area contributed by atoms with Crippen molar-refractivity contribution in [2.24, 2.45) is 0 Å². The van der Waals surface area contributed by atoms with E-state index in [9.17, 15) is 9.59 Å². The van der Waals surface area contributed by atoms with Crippen molar-refractivity contribution in [1.29, 1.82) is 0 Å². The Bertz CT molecular complexity index is 772. The van der Waals surface area contributed by atoms with E-state index >= 15 is 0 Å². The monoisotopic (exact) mass is 360 g/mol. The van der Waals surface area contributed by atoms with Gasteiger partial charge in [-0.15, -0.1) is 11.3 Å². The van der Waals surface area contributed by atoms with E-state index in [0.717, 1.165) is 21.8 Å².